The number of alkyl halides is 2. The van der Waals surface area contributed by atoms with E-state index in [1.165, 1.54) is 17.8 Å². The van der Waals surface area contributed by atoms with Crippen LogP contribution in [0.1, 0.15) is 65.4 Å². The van der Waals surface area contributed by atoms with Crippen LogP contribution >= 0.6 is 11.8 Å². The maximum Gasteiger partial charge on any atom is 0.410 e. The van der Waals surface area contributed by atoms with Gasteiger partial charge in [0.1, 0.15) is 11.1 Å². The number of amides is 2. The average Bonchev–Trinajstić information content (AvgIpc) is 3.47. The van der Waals surface area contributed by atoms with Gasteiger partial charge in [-0.05, 0) is 58.9 Å². The molecule has 1 N–H and O–H groups in total. The minimum atomic E-state index is -2.96. The Morgan fingerprint density at radius 3 is 2.38 bits per heavy atom. The molecule has 202 valence electrons. The minimum Gasteiger partial charge on any atom is -0.444 e. The highest BCUT2D eigenvalue weighted by atomic mass is 32.2. The molecular formula is C27H36F2N4O3S. The van der Waals surface area contributed by atoms with Crippen LogP contribution in [0.25, 0.3) is 0 Å². The van der Waals surface area contributed by atoms with Crippen molar-refractivity contribution >= 4 is 23.8 Å². The summed E-state index contributed by atoms with van der Waals surface area (Å²) in [7, 11) is 0. The van der Waals surface area contributed by atoms with Gasteiger partial charge in [-0.3, -0.25) is 9.69 Å². The van der Waals surface area contributed by atoms with Crippen LogP contribution in [0.2, 0.25) is 0 Å². The van der Waals surface area contributed by atoms with Crippen LogP contribution < -0.4 is 5.32 Å². The fourth-order valence-electron chi connectivity index (χ4n) is 5.09. The van der Waals surface area contributed by atoms with Crippen LogP contribution in [0.15, 0.2) is 29.2 Å². The van der Waals surface area contributed by atoms with Crippen molar-refractivity contribution in [3.05, 3.63) is 29.8 Å². The highest BCUT2D eigenvalue weighted by molar-refractivity contribution is 8.00. The van der Waals surface area contributed by atoms with E-state index in [9.17, 15) is 23.6 Å². The summed E-state index contributed by atoms with van der Waals surface area (Å²) < 4.78 is 34.0. The van der Waals surface area contributed by atoms with Gasteiger partial charge in [-0.15, -0.1) is 11.8 Å². The Labute approximate surface area is 221 Å². The summed E-state index contributed by atoms with van der Waals surface area (Å²) in [5, 5.41) is 12.4. The van der Waals surface area contributed by atoms with E-state index in [4.69, 9.17) is 4.74 Å². The highest BCUT2D eigenvalue weighted by Gasteiger charge is 2.49. The fraction of sp³-hybridized carbons (Fsp3) is 0.667. The molecule has 3 fully saturated rings. The summed E-state index contributed by atoms with van der Waals surface area (Å²) in [5.74, 6) is -3.14. The van der Waals surface area contributed by atoms with E-state index in [-0.39, 0.29) is 28.9 Å². The lowest BCUT2D eigenvalue weighted by molar-refractivity contribution is -0.127. The number of carbonyl (C=O) groups excluding carboxylic acids is 2. The summed E-state index contributed by atoms with van der Waals surface area (Å²) in [5.41, 5.74) is -1.35. The first kappa shape index (κ1) is 27.6. The van der Waals surface area contributed by atoms with Crippen molar-refractivity contribution in [1.82, 2.24) is 15.1 Å². The quantitative estimate of drug-likeness (QED) is 0.559. The standard InChI is InChI=1S/C27H36F2N4O3S/c1-25(2,3)36-24(35)32-13-9-18(10-14-32)33-16-19(15-21(33)23(34)31-27(17-30)11-12-27)37-22-8-6-5-7-20(22)26(4,28)29/h5-8,18-19,21H,9-16H2,1-4H3,(H,31,34). The van der Waals surface area contributed by atoms with E-state index in [0.29, 0.717) is 56.6 Å². The number of hydrogen-bond acceptors (Lipinski definition) is 6. The maximum atomic E-state index is 14.2. The SMILES string of the molecule is CC(C)(C)OC(=O)N1CCC(N2CC(Sc3ccccc3C(C)(F)F)CC2C(=O)NC2(C#N)CC2)CC1. The first-order valence-corrected chi connectivity index (χ1v) is 13.8. The van der Waals surface area contributed by atoms with Crippen LogP contribution in [0.4, 0.5) is 13.6 Å². The number of nitrogens with one attached hydrogen (secondary N) is 1. The van der Waals surface area contributed by atoms with Crippen molar-refractivity contribution < 1.29 is 23.1 Å². The molecule has 0 bridgehead atoms. The summed E-state index contributed by atoms with van der Waals surface area (Å²) >= 11 is 1.39. The largest absolute Gasteiger partial charge is 0.444 e. The van der Waals surface area contributed by atoms with Crippen LogP contribution in [-0.2, 0) is 15.5 Å². The Morgan fingerprint density at radius 2 is 1.81 bits per heavy atom. The Kier molecular flexibility index (Phi) is 7.78. The first-order chi connectivity index (χ1) is 17.3. The summed E-state index contributed by atoms with van der Waals surface area (Å²) in [6.45, 7) is 8.03. The number of nitriles is 1. The number of rotatable bonds is 6. The molecule has 2 amide bonds. The lowest BCUT2D eigenvalue weighted by Gasteiger charge is -2.39. The molecular weight excluding hydrogens is 498 g/mol. The third-order valence-electron chi connectivity index (χ3n) is 7.17. The highest BCUT2D eigenvalue weighted by Crippen LogP contribution is 2.42. The average molecular weight is 535 g/mol. The van der Waals surface area contributed by atoms with Gasteiger partial charge in [0.2, 0.25) is 5.91 Å². The maximum absolute atomic E-state index is 14.2. The lowest BCUT2D eigenvalue weighted by atomic mass is 10.0. The molecule has 1 aromatic carbocycles. The van der Waals surface area contributed by atoms with Crippen molar-refractivity contribution in [3.63, 3.8) is 0 Å². The lowest BCUT2D eigenvalue weighted by Crippen LogP contribution is -2.54. The number of carbonyl (C=O) groups is 2. The summed E-state index contributed by atoms with van der Waals surface area (Å²) in [4.78, 5) is 30.3. The Hall–Kier alpha value is -2.38. The van der Waals surface area contributed by atoms with Gasteiger partial charge in [-0.2, -0.15) is 5.26 Å². The molecule has 1 aromatic rings. The molecule has 1 aliphatic carbocycles. The minimum absolute atomic E-state index is 0.00784. The zero-order valence-corrected chi connectivity index (χ0v) is 22.7. The predicted molar refractivity (Wildman–Crippen MR) is 137 cm³/mol. The normalized spacial score (nSPS) is 24.4. The second-order valence-corrected chi connectivity index (χ2v) is 12.8. The predicted octanol–water partition coefficient (Wildman–Crippen LogP) is 4.91. The number of hydrogen-bond donors (Lipinski definition) is 1. The number of thioether (sulfide) groups is 1. The molecule has 7 nitrogen and oxygen atoms in total. The monoisotopic (exact) mass is 534 g/mol. The van der Waals surface area contributed by atoms with Crippen molar-refractivity contribution in [2.24, 2.45) is 0 Å². The van der Waals surface area contributed by atoms with Crippen LogP contribution in [0.3, 0.4) is 0 Å². The number of likely N-dealkylation sites (tertiary alicyclic amines) is 2. The van der Waals surface area contributed by atoms with E-state index >= 15 is 0 Å². The second-order valence-electron chi connectivity index (χ2n) is 11.5. The van der Waals surface area contributed by atoms with Gasteiger partial charge in [0, 0.05) is 48.3 Å². The van der Waals surface area contributed by atoms with Crippen LogP contribution in [0.5, 0.6) is 0 Å². The van der Waals surface area contributed by atoms with Crippen LogP contribution in [-0.4, -0.2) is 69.9 Å². The molecule has 2 unspecified atom stereocenters. The molecule has 1 saturated carbocycles. The number of halogens is 2. The molecule has 4 rings (SSSR count). The molecule has 37 heavy (non-hydrogen) atoms. The molecule has 2 aliphatic heterocycles. The molecule has 10 heteroatoms. The number of benzene rings is 1. The van der Waals surface area contributed by atoms with E-state index in [1.807, 2.05) is 20.8 Å². The third kappa shape index (κ3) is 6.74. The van der Waals surface area contributed by atoms with Gasteiger partial charge in [-0.25, -0.2) is 13.6 Å². The van der Waals surface area contributed by atoms with Gasteiger partial charge in [0.15, 0.2) is 0 Å². The van der Waals surface area contributed by atoms with E-state index in [1.54, 1.807) is 23.1 Å². The molecule has 0 radical (unpaired) electrons. The van der Waals surface area contributed by atoms with Crippen molar-refractivity contribution in [2.45, 2.75) is 99.1 Å². The number of nitrogens with zero attached hydrogens (tertiary/aromatic N) is 3. The molecule has 0 aromatic heterocycles. The fourth-order valence-corrected chi connectivity index (χ4v) is 6.51. The van der Waals surface area contributed by atoms with Crippen molar-refractivity contribution in [2.75, 3.05) is 19.6 Å². The molecule has 2 saturated heterocycles. The zero-order chi connectivity index (χ0) is 27.0. The second kappa shape index (κ2) is 10.4. The Bertz CT molecular complexity index is 1050. The van der Waals surface area contributed by atoms with Gasteiger partial charge in [0.25, 0.3) is 5.92 Å². The molecule has 2 atom stereocenters. The van der Waals surface area contributed by atoms with Crippen molar-refractivity contribution in [3.8, 4) is 6.07 Å². The van der Waals surface area contributed by atoms with Gasteiger partial charge in [-0.1, -0.05) is 18.2 Å². The number of ether oxygens (including phenoxy) is 1. The molecule has 0 spiro atoms. The summed E-state index contributed by atoms with van der Waals surface area (Å²) in [6, 6.07) is 8.37. The Morgan fingerprint density at radius 1 is 1.16 bits per heavy atom. The third-order valence-corrected chi connectivity index (χ3v) is 8.45. The molecule has 2 heterocycles. The van der Waals surface area contributed by atoms with Crippen LogP contribution in [0, 0.1) is 11.3 Å². The Balaban J connectivity index is 1.47. The number of piperidine rings is 1. The van der Waals surface area contributed by atoms with Gasteiger partial charge >= 0.3 is 6.09 Å². The topological polar surface area (TPSA) is 85.7 Å². The van der Waals surface area contributed by atoms with E-state index in [0.717, 1.165) is 6.92 Å². The van der Waals surface area contributed by atoms with Crippen molar-refractivity contribution in [1.29, 1.82) is 5.26 Å². The van der Waals surface area contributed by atoms with Gasteiger partial charge in [0.05, 0.1) is 12.1 Å². The van der Waals surface area contributed by atoms with E-state index < -0.39 is 23.1 Å². The molecule has 3 aliphatic rings. The zero-order valence-electron chi connectivity index (χ0n) is 21.9. The van der Waals surface area contributed by atoms with Gasteiger partial charge < -0.3 is 15.0 Å². The summed E-state index contributed by atoms with van der Waals surface area (Å²) in [6.07, 6.45) is 2.84. The van der Waals surface area contributed by atoms with E-state index in [2.05, 4.69) is 16.3 Å². The smallest absolute Gasteiger partial charge is 0.410 e. The first-order valence-electron chi connectivity index (χ1n) is 12.9.